The molecular weight excluding hydrogens is 234 g/mol. The van der Waals surface area contributed by atoms with Crippen molar-refractivity contribution < 1.29 is 0 Å². The van der Waals surface area contributed by atoms with Gasteiger partial charge in [-0.15, -0.1) is 0 Å². The van der Waals surface area contributed by atoms with Crippen LogP contribution in [0.5, 0.6) is 0 Å². The molecule has 1 saturated heterocycles. The van der Waals surface area contributed by atoms with Gasteiger partial charge in [-0.1, -0.05) is 37.3 Å². The van der Waals surface area contributed by atoms with Gasteiger partial charge in [-0.2, -0.15) is 0 Å². The van der Waals surface area contributed by atoms with Crippen LogP contribution in [-0.2, 0) is 5.54 Å². The maximum atomic E-state index is 6.51. The molecule has 0 aliphatic carbocycles. The Morgan fingerprint density at radius 2 is 1.63 bits per heavy atom. The van der Waals surface area contributed by atoms with Gasteiger partial charge in [-0.05, 0) is 25.5 Å². The van der Waals surface area contributed by atoms with Crippen molar-refractivity contribution in [3.63, 3.8) is 0 Å². The molecule has 1 aromatic carbocycles. The van der Waals surface area contributed by atoms with Crippen molar-refractivity contribution in [1.82, 2.24) is 9.80 Å². The van der Waals surface area contributed by atoms with E-state index in [0.29, 0.717) is 0 Å². The third-order valence-electron chi connectivity index (χ3n) is 3.99. The minimum absolute atomic E-state index is 0.256. The molecule has 1 aliphatic rings. The molecule has 0 spiro atoms. The predicted octanol–water partition coefficient (Wildman–Crippen LogP) is 1.89. The van der Waals surface area contributed by atoms with Crippen molar-refractivity contribution in [3.05, 3.63) is 35.9 Å². The molecule has 1 aromatic rings. The first-order valence-corrected chi connectivity index (χ1v) is 7.41. The van der Waals surface area contributed by atoms with Crippen LogP contribution >= 0.6 is 0 Å². The Labute approximate surface area is 117 Å². The fraction of sp³-hybridized carbons (Fsp3) is 0.625. The molecule has 0 amide bonds. The second kappa shape index (κ2) is 6.51. The second-order valence-corrected chi connectivity index (χ2v) is 5.90. The zero-order valence-corrected chi connectivity index (χ0v) is 12.3. The summed E-state index contributed by atoms with van der Waals surface area (Å²) in [6, 6.07) is 10.4. The molecule has 106 valence electrons. The number of hydrogen-bond donors (Lipinski definition) is 1. The minimum atomic E-state index is -0.256. The van der Waals surface area contributed by atoms with E-state index in [4.69, 9.17) is 5.73 Å². The summed E-state index contributed by atoms with van der Waals surface area (Å²) in [6.07, 6.45) is 1.25. The lowest BCUT2D eigenvalue weighted by Gasteiger charge is -2.39. The number of nitrogens with zero attached hydrogens (tertiary/aromatic N) is 2. The Bertz CT molecular complexity index is 367. The molecule has 0 saturated carbocycles. The highest BCUT2D eigenvalue weighted by Crippen LogP contribution is 2.19. The lowest BCUT2D eigenvalue weighted by molar-refractivity contribution is 0.113. The Kier molecular flexibility index (Phi) is 4.97. The van der Waals surface area contributed by atoms with Gasteiger partial charge in [0.2, 0.25) is 0 Å². The normalized spacial score (nSPS) is 21.2. The molecule has 19 heavy (non-hydrogen) atoms. The zero-order chi connectivity index (χ0) is 13.7. The van der Waals surface area contributed by atoms with E-state index in [2.05, 4.69) is 47.9 Å². The zero-order valence-electron chi connectivity index (χ0n) is 12.3. The van der Waals surface area contributed by atoms with Crippen LogP contribution < -0.4 is 5.73 Å². The maximum Gasteiger partial charge on any atom is 0.0509 e. The van der Waals surface area contributed by atoms with E-state index in [0.717, 1.165) is 19.6 Å². The molecule has 1 unspecified atom stereocenters. The molecule has 3 nitrogen and oxygen atoms in total. The topological polar surface area (TPSA) is 32.5 Å². The molecule has 1 fully saturated rings. The minimum Gasteiger partial charge on any atom is -0.321 e. The highest BCUT2D eigenvalue weighted by Gasteiger charge is 2.26. The fourth-order valence-corrected chi connectivity index (χ4v) is 2.86. The Morgan fingerprint density at radius 1 is 1.05 bits per heavy atom. The van der Waals surface area contributed by atoms with Crippen LogP contribution in [0.3, 0.4) is 0 Å². The van der Waals surface area contributed by atoms with Gasteiger partial charge in [0.1, 0.15) is 0 Å². The van der Waals surface area contributed by atoms with Crippen molar-refractivity contribution in [1.29, 1.82) is 0 Å². The summed E-state index contributed by atoms with van der Waals surface area (Å²) in [5.41, 5.74) is 7.48. The van der Waals surface area contributed by atoms with Gasteiger partial charge in [0.05, 0.1) is 5.54 Å². The Balaban J connectivity index is 1.88. The summed E-state index contributed by atoms with van der Waals surface area (Å²) < 4.78 is 0. The van der Waals surface area contributed by atoms with Crippen LogP contribution in [0.25, 0.3) is 0 Å². The lowest BCUT2D eigenvalue weighted by atomic mass is 9.92. The van der Waals surface area contributed by atoms with E-state index in [9.17, 15) is 0 Å². The van der Waals surface area contributed by atoms with Crippen LogP contribution in [0.1, 0.15) is 25.8 Å². The molecule has 1 atom stereocenters. The average molecular weight is 261 g/mol. The summed E-state index contributed by atoms with van der Waals surface area (Å²) in [5, 5.41) is 0. The third-order valence-corrected chi connectivity index (χ3v) is 3.99. The number of benzene rings is 1. The first kappa shape index (κ1) is 14.5. The van der Waals surface area contributed by atoms with E-state index in [1.807, 2.05) is 6.07 Å². The largest absolute Gasteiger partial charge is 0.321 e. The third kappa shape index (κ3) is 4.03. The van der Waals surface area contributed by atoms with Crippen molar-refractivity contribution >= 4 is 0 Å². The van der Waals surface area contributed by atoms with Gasteiger partial charge in [0, 0.05) is 32.7 Å². The molecule has 2 rings (SSSR count). The van der Waals surface area contributed by atoms with Gasteiger partial charge in [-0.3, -0.25) is 4.90 Å². The summed E-state index contributed by atoms with van der Waals surface area (Å²) in [4.78, 5) is 5.05. The Morgan fingerprint density at radius 3 is 2.21 bits per heavy atom. The number of rotatable bonds is 5. The summed E-state index contributed by atoms with van der Waals surface area (Å²) in [5.74, 6) is 0. The van der Waals surface area contributed by atoms with Crippen LogP contribution in [-0.4, -0.2) is 49.1 Å². The summed E-state index contributed by atoms with van der Waals surface area (Å²) in [6.45, 7) is 11.2. The molecular formula is C16H27N3. The molecule has 0 aromatic heterocycles. The molecule has 3 heteroatoms. The van der Waals surface area contributed by atoms with Crippen molar-refractivity contribution in [3.8, 4) is 0 Å². The standard InChI is InChI=1S/C16H27N3/c1-3-9-18-10-12-19(13-11-18)14-16(2,17)15-7-5-4-6-8-15/h4-8H,3,9-14,17H2,1-2H3. The highest BCUT2D eigenvalue weighted by molar-refractivity contribution is 5.23. The van der Waals surface area contributed by atoms with Gasteiger partial charge < -0.3 is 10.6 Å². The van der Waals surface area contributed by atoms with Gasteiger partial charge >= 0.3 is 0 Å². The first-order chi connectivity index (χ1) is 9.12. The van der Waals surface area contributed by atoms with Crippen molar-refractivity contribution in [2.24, 2.45) is 5.73 Å². The molecule has 0 radical (unpaired) electrons. The predicted molar refractivity (Wildman–Crippen MR) is 81.2 cm³/mol. The van der Waals surface area contributed by atoms with Gasteiger partial charge in [-0.25, -0.2) is 0 Å². The summed E-state index contributed by atoms with van der Waals surface area (Å²) in [7, 11) is 0. The SMILES string of the molecule is CCCN1CCN(CC(C)(N)c2ccccc2)CC1. The van der Waals surface area contributed by atoms with Gasteiger partial charge in [0.25, 0.3) is 0 Å². The smallest absolute Gasteiger partial charge is 0.0509 e. The molecule has 2 N–H and O–H groups in total. The quantitative estimate of drug-likeness (QED) is 0.878. The maximum absolute atomic E-state index is 6.51. The molecule has 0 bridgehead atoms. The van der Waals surface area contributed by atoms with Crippen LogP contribution in [0.4, 0.5) is 0 Å². The molecule has 1 aliphatic heterocycles. The van der Waals surface area contributed by atoms with E-state index in [1.54, 1.807) is 0 Å². The van der Waals surface area contributed by atoms with Crippen molar-refractivity contribution in [2.45, 2.75) is 25.8 Å². The monoisotopic (exact) mass is 261 g/mol. The van der Waals surface area contributed by atoms with Crippen LogP contribution in [0, 0.1) is 0 Å². The number of hydrogen-bond acceptors (Lipinski definition) is 3. The van der Waals surface area contributed by atoms with Crippen LogP contribution in [0.2, 0.25) is 0 Å². The average Bonchev–Trinajstić information content (AvgIpc) is 2.42. The van der Waals surface area contributed by atoms with Gasteiger partial charge in [0.15, 0.2) is 0 Å². The van der Waals surface area contributed by atoms with Crippen molar-refractivity contribution in [2.75, 3.05) is 39.3 Å². The Hall–Kier alpha value is -0.900. The van der Waals surface area contributed by atoms with Crippen LogP contribution in [0.15, 0.2) is 30.3 Å². The summed E-state index contributed by atoms with van der Waals surface area (Å²) >= 11 is 0. The highest BCUT2D eigenvalue weighted by atomic mass is 15.3. The fourth-order valence-electron chi connectivity index (χ4n) is 2.86. The number of piperazine rings is 1. The first-order valence-electron chi connectivity index (χ1n) is 7.41. The number of nitrogens with two attached hydrogens (primary N) is 1. The van der Waals surface area contributed by atoms with E-state index in [1.165, 1.54) is 31.6 Å². The van der Waals surface area contributed by atoms with E-state index in [-0.39, 0.29) is 5.54 Å². The van der Waals surface area contributed by atoms with E-state index >= 15 is 0 Å². The van der Waals surface area contributed by atoms with E-state index < -0.39 is 0 Å². The lowest BCUT2D eigenvalue weighted by Crippen LogP contribution is -2.52. The molecule has 1 heterocycles. The second-order valence-electron chi connectivity index (χ2n) is 5.90.